The van der Waals surface area contributed by atoms with E-state index >= 15 is 0 Å². The van der Waals surface area contributed by atoms with Gasteiger partial charge in [0.15, 0.2) is 11.0 Å². The summed E-state index contributed by atoms with van der Waals surface area (Å²) in [4.78, 5) is 0. The van der Waals surface area contributed by atoms with Gasteiger partial charge in [-0.15, -0.1) is 0 Å². The molecule has 0 saturated heterocycles. The molecule has 0 aliphatic heterocycles. The molecule has 0 aliphatic rings. The van der Waals surface area contributed by atoms with E-state index in [1.807, 2.05) is 0 Å². The molecule has 0 N–H and O–H groups in total. The van der Waals surface area contributed by atoms with Crippen LogP contribution in [-0.4, -0.2) is 4.57 Å². The van der Waals surface area contributed by atoms with Crippen molar-refractivity contribution >= 4 is 11.0 Å². The summed E-state index contributed by atoms with van der Waals surface area (Å²) in [5.74, 6) is 1.32. The Kier molecular flexibility index (Phi) is 2.53. The van der Waals surface area contributed by atoms with Crippen molar-refractivity contribution in [1.82, 2.24) is 4.57 Å². The summed E-state index contributed by atoms with van der Waals surface area (Å²) in [5, 5.41) is 0. The van der Waals surface area contributed by atoms with E-state index in [1.165, 1.54) is 33.5 Å². The molecule has 2 nitrogen and oxygen atoms in total. The number of fused-ring (bicyclic) bond motifs is 1. The van der Waals surface area contributed by atoms with Crippen molar-refractivity contribution in [3.05, 3.63) is 28.6 Å². The highest BCUT2D eigenvalue weighted by Gasteiger charge is 2.21. The number of benzene rings is 1. The molecule has 0 aliphatic carbocycles. The fourth-order valence-electron chi connectivity index (χ4n) is 2.55. The van der Waals surface area contributed by atoms with Crippen LogP contribution in [0, 0.1) is 27.7 Å². The van der Waals surface area contributed by atoms with Gasteiger partial charge in [-0.3, -0.25) is 0 Å². The highest BCUT2D eigenvalue weighted by atomic mass is 15.1. The number of nitrogens with zero attached hydrogens (tertiary/aromatic N) is 2. The molecule has 0 atom stereocenters. The molecule has 1 heterocycles. The lowest BCUT2D eigenvalue weighted by Gasteiger charge is -2.04. The van der Waals surface area contributed by atoms with Crippen LogP contribution >= 0.6 is 0 Å². The highest BCUT2D eigenvalue weighted by molar-refractivity contribution is 5.78. The Balaban J connectivity index is 3.02. The van der Waals surface area contributed by atoms with Crippen LogP contribution in [0.5, 0.6) is 0 Å². The maximum absolute atomic E-state index is 2.40. The average Bonchev–Trinajstić information content (AvgIpc) is 2.50. The number of hydrogen-bond donors (Lipinski definition) is 0. The van der Waals surface area contributed by atoms with Crippen molar-refractivity contribution in [2.45, 2.75) is 41.2 Å². The van der Waals surface area contributed by atoms with E-state index in [0.717, 1.165) is 6.54 Å². The van der Waals surface area contributed by atoms with Crippen molar-refractivity contribution in [1.29, 1.82) is 0 Å². The first kappa shape index (κ1) is 11.2. The number of hydrogen-bond acceptors (Lipinski definition) is 0. The quantitative estimate of drug-likeness (QED) is 0.649. The molecule has 16 heavy (non-hydrogen) atoms. The Morgan fingerprint density at radius 1 is 1.12 bits per heavy atom. The zero-order valence-electron chi connectivity index (χ0n) is 11.2. The number of imidazole rings is 1. The monoisotopic (exact) mass is 217 g/mol. The summed E-state index contributed by atoms with van der Waals surface area (Å²) in [6.07, 6.45) is 0. The van der Waals surface area contributed by atoms with E-state index in [1.54, 1.807) is 0 Å². The van der Waals surface area contributed by atoms with E-state index in [2.05, 4.69) is 56.9 Å². The van der Waals surface area contributed by atoms with E-state index in [-0.39, 0.29) is 0 Å². The lowest BCUT2D eigenvalue weighted by Crippen LogP contribution is -2.35. The van der Waals surface area contributed by atoms with Crippen molar-refractivity contribution in [3.63, 3.8) is 0 Å². The van der Waals surface area contributed by atoms with Gasteiger partial charge < -0.3 is 0 Å². The van der Waals surface area contributed by atoms with Crippen LogP contribution in [0.3, 0.4) is 0 Å². The largest absolute Gasteiger partial charge is 0.253 e. The van der Waals surface area contributed by atoms with Gasteiger partial charge in [0.1, 0.15) is 0 Å². The van der Waals surface area contributed by atoms with Crippen molar-refractivity contribution in [3.8, 4) is 0 Å². The molecule has 0 unspecified atom stereocenters. The molecule has 1 aromatic carbocycles. The van der Waals surface area contributed by atoms with Gasteiger partial charge in [0, 0.05) is 12.5 Å². The third-order valence-corrected chi connectivity index (χ3v) is 3.93. The van der Waals surface area contributed by atoms with Crippen LogP contribution in [0.2, 0.25) is 0 Å². The van der Waals surface area contributed by atoms with Crippen LogP contribution < -0.4 is 4.57 Å². The maximum atomic E-state index is 2.40. The summed E-state index contributed by atoms with van der Waals surface area (Å²) in [6, 6.07) is 2.30. The third-order valence-electron chi connectivity index (χ3n) is 3.93. The lowest BCUT2D eigenvalue weighted by atomic mass is 10.0. The average molecular weight is 217 g/mol. The molecular formula is C14H21N2+. The molecule has 0 saturated carbocycles. The zero-order valence-corrected chi connectivity index (χ0v) is 11.2. The Morgan fingerprint density at radius 2 is 1.75 bits per heavy atom. The second-order valence-corrected chi connectivity index (χ2v) is 4.66. The van der Waals surface area contributed by atoms with Crippen molar-refractivity contribution in [2.75, 3.05) is 0 Å². The minimum absolute atomic E-state index is 1.03. The molecule has 2 rings (SSSR count). The van der Waals surface area contributed by atoms with Crippen LogP contribution in [0.15, 0.2) is 6.07 Å². The molecule has 0 spiro atoms. The predicted octanol–water partition coefficient (Wildman–Crippen LogP) is 2.72. The highest BCUT2D eigenvalue weighted by Crippen LogP contribution is 2.23. The first-order valence-corrected chi connectivity index (χ1v) is 5.94. The summed E-state index contributed by atoms with van der Waals surface area (Å²) in [6.45, 7) is 12.1. The smallest absolute Gasteiger partial charge is 0.230 e. The number of aromatic nitrogens is 2. The summed E-state index contributed by atoms with van der Waals surface area (Å²) >= 11 is 0. The van der Waals surface area contributed by atoms with Crippen LogP contribution in [0.4, 0.5) is 0 Å². The molecule has 2 heteroatoms. The second-order valence-electron chi connectivity index (χ2n) is 4.66. The molecule has 0 amide bonds. The zero-order chi connectivity index (χ0) is 12.0. The second kappa shape index (κ2) is 3.62. The van der Waals surface area contributed by atoms with Crippen LogP contribution in [0.1, 0.15) is 29.4 Å². The predicted molar refractivity (Wildman–Crippen MR) is 67.7 cm³/mol. The topological polar surface area (TPSA) is 8.81 Å². The molecule has 1 aromatic heterocycles. The Labute approximate surface area is 97.5 Å². The fraction of sp³-hybridized carbons (Fsp3) is 0.500. The summed E-state index contributed by atoms with van der Waals surface area (Å²) < 4.78 is 4.69. The van der Waals surface area contributed by atoms with E-state index in [4.69, 9.17) is 0 Å². The summed E-state index contributed by atoms with van der Waals surface area (Å²) in [7, 11) is 2.15. The van der Waals surface area contributed by atoms with Gasteiger partial charge in [-0.25, -0.2) is 9.13 Å². The number of aryl methyl sites for hydroxylation is 4. The maximum Gasteiger partial charge on any atom is 0.253 e. The minimum Gasteiger partial charge on any atom is -0.230 e. The van der Waals surface area contributed by atoms with Gasteiger partial charge in [-0.05, 0) is 44.9 Å². The van der Waals surface area contributed by atoms with Gasteiger partial charge in [0.05, 0.1) is 13.6 Å². The van der Waals surface area contributed by atoms with Gasteiger partial charge in [-0.1, -0.05) is 0 Å². The van der Waals surface area contributed by atoms with E-state index in [9.17, 15) is 0 Å². The Hall–Kier alpha value is -1.31. The molecule has 0 fully saturated rings. The first-order valence-electron chi connectivity index (χ1n) is 5.94. The van der Waals surface area contributed by atoms with Gasteiger partial charge in [-0.2, -0.15) is 0 Å². The van der Waals surface area contributed by atoms with Crippen molar-refractivity contribution < 1.29 is 4.57 Å². The molecule has 0 bridgehead atoms. The van der Waals surface area contributed by atoms with Gasteiger partial charge in [0.2, 0.25) is 0 Å². The van der Waals surface area contributed by atoms with Crippen LogP contribution in [-0.2, 0) is 13.6 Å². The first-order chi connectivity index (χ1) is 7.49. The third kappa shape index (κ3) is 1.29. The van der Waals surface area contributed by atoms with E-state index < -0.39 is 0 Å². The Bertz CT molecular complexity index is 562. The van der Waals surface area contributed by atoms with E-state index in [0.29, 0.717) is 0 Å². The fourth-order valence-corrected chi connectivity index (χ4v) is 2.55. The molecular weight excluding hydrogens is 196 g/mol. The molecule has 0 radical (unpaired) electrons. The minimum atomic E-state index is 1.03. The van der Waals surface area contributed by atoms with Gasteiger partial charge in [0.25, 0.3) is 5.82 Å². The van der Waals surface area contributed by atoms with Crippen molar-refractivity contribution in [2.24, 2.45) is 7.05 Å². The number of rotatable bonds is 1. The lowest BCUT2D eigenvalue weighted by molar-refractivity contribution is -0.675. The molecule has 86 valence electrons. The SMILES string of the molecule is CC[n+]1c(C)n(C)c2cc(C)c(C)c(C)c21. The standard InChI is InChI=1S/C14H21N2/c1-7-16-12(5)15(6)13-8-9(2)10(3)11(4)14(13)16/h8H,7H2,1-6H3/q+1. The Morgan fingerprint density at radius 3 is 2.31 bits per heavy atom. The molecule has 2 aromatic rings. The van der Waals surface area contributed by atoms with Gasteiger partial charge >= 0.3 is 0 Å². The normalized spacial score (nSPS) is 11.4. The van der Waals surface area contributed by atoms with Crippen LogP contribution in [0.25, 0.3) is 11.0 Å². The summed E-state index contributed by atoms with van der Waals surface area (Å²) in [5.41, 5.74) is 6.96.